The minimum atomic E-state index is -5.10. The Kier molecular flexibility index (Phi) is 6.98. The van der Waals surface area contributed by atoms with Crippen LogP contribution in [0.25, 0.3) is 16.9 Å². The minimum Gasteiger partial charge on any atom is -0.391 e. The molecule has 1 saturated heterocycles. The number of anilines is 1. The van der Waals surface area contributed by atoms with E-state index in [-0.39, 0.29) is 29.8 Å². The van der Waals surface area contributed by atoms with Gasteiger partial charge in [-0.05, 0) is 29.8 Å². The van der Waals surface area contributed by atoms with Gasteiger partial charge in [-0.1, -0.05) is 12.1 Å². The number of aliphatic hydroxyl groups is 1. The minimum absolute atomic E-state index is 0.0600. The Hall–Kier alpha value is -4.79. The third-order valence-corrected chi connectivity index (χ3v) is 6.26. The number of alkyl halides is 3. The molecule has 212 valence electrons. The molecule has 0 saturated carbocycles. The van der Waals surface area contributed by atoms with Gasteiger partial charge in [0.15, 0.2) is 23.3 Å². The highest BCUT2D eigenvalue weighted by molar-refractivity contribution is 5.99. The molecule has 1 aromatic carbocycles. The van der Waals surface area contributed by atoms with E-state index in [4.69, 9.17) is 0 Å². The van der Waals surface area contributed by atoms with Crippen molar-refractivity contribution in [1.29, 1.82) is 0 Å². The highest BCUT2D eigenvalue weighted by Crippen LogP contribution is 2.33. The fraction of sp³-hybridized carbons (Fsp3) is 0.192. The van der Waals surface area contributed by atoms with Crippen molar-refractivity contribution in [2.24, 2.45) is 0 Å². The molecule has 4 aromatic rings. The Morgan fingerprint density at radius 3 is 2.46 bits per heavy atom. The fourth-order valence-electron chi connectivity index (χ4n) is 4.41. The van der Waals surface area contributed by atoms with E-state index < -0.39 is 70.0 Å². The second kappa shape index (κ2) is 10.3. The molecule has 2 amide bonds. The molecule has 5 rings (SSSR count). The smallest absolute Gasteiger partial charge is 0.391 e. The Morgan fingerprint density at radius 2 is 1.83 bits per heavy atom. The zero-order valence-corrected chi connectivity index (χ0v) is 20.5. The highest BCUT2D eigenvalue weighted by Gasteiger charge is 2.42. The van der Waals surface area contributed by atoms with Gasteiger partial charge in [0.05, 0.1) is 30.7 Å². The largest absolute Gasteiger partial charge is 0.412 e. The van der Waals surface area contributed by atoms with Crippen LogP contribution >= 0.6 is 0 Å². The summed E-state index contributed by atoms with van der Waals surface area (Å²) in [7, 11) is 0. The molecule has 1 aliphatic rings. The lowest BCUT2D eigenvalue weighted by atomic mass is 10.1. The number of carbonyl (C=O) groups is 2. The van der Waals surface area contributed by atoms with Crippen molar-refractivity contribution in [2.45, 2.75) is 24.7 Å². The lowest BCUT2D eigenvalue weighted by Crippen LogP contribution is -2.40. The summed E-state index contributed by atoms with van der Waals surface area (Å²) in [5.41, 5.74) is -3.02. The fourth-order valence-corrected chi connectivity index (χ4v) is 4.41. The van der Waals surface area contributed by atoms with Gasteiger partial charge >= 0.3 is 6.18 Å². The molecule has 9 nitrogen and oxygen atoms in total. The molecule has 2 unspecified atom stereocenters. The number of nitrogens with one attached hydrogen (secondary N) is 1. The Labute approximate surface area is 225 Å². The van der Waals surface area contributed by atoms with E-state index >= 15 is 0 Å². The van der Waals surface area contributed by atoms with E-state index in [9.17, 15) is 45.8 Å². The summed E-state index contributed by atoms with van der Waals surface area (Å²) in [5.74, 6) is -6.10. The number of benzene rings is 1. The predicted molar refractivity (Wildman–Crippen MR) is 131 cm³/mol. The van der Waals surface area contributed by atoms with Crippen LogP contribution in [0.5, 0.6) is 0 Å². The first kappa shape index (κ1) is 27.8. The van der Waals surface area contributed by atoms with Crippen molar-refractivity contribution in [2.75, 3.05) is 11.4 Å². The quantitative estimate of drug-likeness (QED) is 0.352. The summed E-state index contributed by atoms with van der Waals surface area (Å²) < 4.78 is 84.5. The maximum Gasteiger partial charge on any atom is 0.412 e. The first-order valence-corrected chi connectivity index (χ1v) is 11.8. The molecule has 41 heavy (non-hydrogen) atoms. The van der Waals surface area contributed by atoms with Gasteiger partial charge in [-0.15, -0.1) is 0 Å². The van der Waals surface area contributed by atoms with Crippen molar-refractivity contribution >= 4 is 28.7 Å². The summed E-state index contributed by atoms with van der Waals surface area (Å²) in [6, 6.07) is 3.45. The van der Waals surface area contributed by atoms with E-state index in [0.29, 0.717) is 24.5 Å². The summed E-state index contributed by atoms with van der Waals surface area (Å²) in [6.45, 7) is -0.135. The number of β-amino-alcohol motifs (C(OH)–C–C–N with tert-alkyl or cyclic N) is 1. The maximum atomic E-state index is 14.8. The third-order valence-electron chi connectivity index (χ3n) is 6.26. The van der Waals surface area contributed by atoms with Crippen LogP contribution in [0.2, 0.25) is 0 Å². The van der Waals surface area contributed by atoms with Crippen LogP contribution in [0, 0.1) is 17.5 Å². The second-order valence-corrected chi connectivity index (χ2v) is 9.11. The SMILES string of the molecule is O=C(NC(c1cccc(F)c1)C(F)(F)F)c1cn(-c2ncc(F)cc2F)c2nc(N3CC(O)CC3=O)ccc2c1=O. The Bertz CT molecular complexity index is 1760. The van der Waals surface area contributed by atoms with Crippen LogP contribution in [0.4, 0.5) is 32.2 Å². The normalized spacial score (nSPS) is 16.3. The first-order chi connectivity index (χ1) is 19.3. The molecule has 4 heterocycles. The van der Waals surface area contributed by atoms with Crippen molar-refractivity contribution in [3.63, 3.8) is 0 Å². The van der Waals surface area contributed by atoms with Gasteiger partial charge in [0, 0.05) is 12.3 Å². The summed E-state index contributed by atoms with van der Waals surface area (Å²) in [6.07, 6.45) is -5.00. The molecular weight excluding hydrogens is 560 g/mol. The van der Waals surface area contributed by atoms with Gasteiger partial charge in [-0.25, -0.2) is 23.1 Å². The molecule has 1 fully saturated rings. The molecule has 2 atom stereocenters. The van der Waals surface area contributed by atoms with Gasteiger partial charge < -0.3 is 10.4 Å². The number of pyridine rings is 3. The molecule has 0 aliphatic carbocycles. The number of aliphatic hydroxyl groups excluding tert-OH is 1. The van der Waals surface area contributed by atoms with Crippen molar-refractivity contribution in [3.05, 3.63) is 93.7 Å². The molecule has 0 radical (unpaired) electrons. The van der Waals surface area contributed by atoms with Crippen LogP contribution in [-0.2, 0) is 4.79 Å². The molecule has 0 spiro atoms. The standard InChI is InChI=1S/C26H17F6N5O4/c27-13-3-1-2-12(6-13)22(26(30,31)32)35-25(41)17-11-37(24-18(29)7-14(28)9-33-24)23-16(21(17)40)4-5-19(34-23)36-10-15(38)8-20(36)39/h1-7,9,11,15,22,38H,8,10H2,(H,35,41). The number of carbonyl (C=O) groups excluding carboxylic acids is 2. The third kappa shape index (κ3) is 5.35. The van der Waals surface area contributed by atoms with E-state index in [1.165, 1.54) is 6.07 Å². The average molecular weight is 577 g/mol. The Morgan fingerprint density at radius 1 is 1.07 bits per heavy atom. The summed E-state index contributed by atoms with van der Waals surface area (Å²) in [5, 5.41) is 11.1. The van der Waals surface area contributed by atoms with Crippen LogP contribution in [0.3, 0.4) is 0 Å². The molecule has 2 N–H and O–H groups in total. The number of halogens is 6. The first-order valence-electron chi connectivity index (χ1n) is 11.8. The lowest BCUT2D eigenvalue weighted by molar-refractivity contribution is -0.155. The summed E-state index contributed by atoms with van der Waals surface area (Å²) >= 11 is 0. The number of rotatable bonds is 5. The number of aromatic nitrogens is 3. The van der Waals surface area contributed by atoms with Gasteiger partial charge in [-0.3, -0.25) is 23.9 Å². The number of amides is 2. The van der Waals surface area contributed by atoms with Crippen LogP contribution in [0.1, 0.15) is 28.4 Å². The molecule has 15 heteroatoms. The van der Waals surface area contributed by atoms with E-state index in [0.717, 1.165) is 33.7 Å². The lowest BCUT2D eigenvalue weighted by Gasteiger charge is -2.22. The van der Waals surface area contributed by atoms with E-state index in [1.807, 2.05) is 0 Å². The van der Waals surface area contributed by atoms with Crippen LogP contribution in [-0.4, -0.2) is 50.3 Å². The van der Waals surface area contributed by atoms with Crippen LogP contribution < -0.4 is 15.6 Å². The molecular formula is C26H17F6N5O4. The van der Waals surface area contributed by atoms with Crippen LogP contribution in [0.15, 0.2) is 59.7 Å². The number of nitrogens with zero attached hydrogens (tertiary/aromatic N) is 4. The summed E-state index contributed by atoms with van der Waals surface area (Å²) in [4.78, 5) is 47.6. The number of hydrogen-bond donors (Lipinski definition) is 2. The highest BCUT2D eigenvalue weighted by atomic mass is 19.4. The van der Waals surface area contributed by atoms with Gasteiger partial charge in [-0.2, -0.15) is 13.2 Å². The van der Waals surface area contributed by atoms with Crippen molar-refractivity contribution < 1.29 is 41.0 Å². The molecule has 1 aliphatic heterocycles. The zero-order chi connectivity index (χ0) is 29.6. The number of fused-ring (bicyclic) bond motifs is 1. The zero-order valence-electron chi connectivity index (χ0n) is 20.5. The van der Waals surface area contributed by atoms with Gasteiger partial charge in [0.1, 0.15) is 23.0 Å². The second-order valence-electron chi connectivity index (χ2n) is 9.11. The van der Waals surface area contributed by atoms with E-state index in [2.05, 4.69) is 9.97 Å². The average Bonchev–Trinajstić information content (AvgIpc) is 3.24. The molecule has 0 bridgehead atoms. The predicted octanol–water partition coefficient (Wildman–Crippen LogP) is 3.33. The number of hydrogen-bond acceptors (Lipinski definition) is 6. The maximum absolute atomic E-state index is 14.8. The van der Waals surface area contributed by atoms with Crippen molar-refractivity contribution in [1.82, 2.24) is 19.9 Å². The molecule has 3 aromatic heterocycles. The van der Waals surface area contributed by atoms with Crippen molar-refractivity contribution in [3.8, 4) is 5.82 Å². The van der Waals surface area contributed by atoms with Gasteiger partial charge in [0.25, 0.3) is 5.91 Å². The van der Waals surface area contributed by atoms with Gasteiger partial charge in [0.2, 0.25) is 11.3 Å². The van der Waals surface area contributed by atoms with E-state index in [1.54, 1.807) is 5.32 Å². The Balaban J connectivity index is 1.67. The monoisotopic (exact) mass is 577 g/mol. The topological polar surface area (TPSA) is 117 Å².